The predicted octanol–water partition coefficient (Wildman–Crippen LogP) is 4.42. The molecular formula is C25H35N7. The van der Waals surface area contributed by atoms with Crippen LogP contribution in [0, 0.1) is 13.8 Å². The molecule has 3 aromatic rings. The van der Waals surface area contributed by atoms with Crippen LogP contribution in [-0.4, -0.2) is 62.5 Å². The lowest BCUT2D eigenvalue weighted by Gasteiger charge is -2.21. The maximum absolute atomic E-state index is 4.76. The topological polar surface area (TPSA) is 62.1 Å². The van der Waals surface area contributed by atoms with Gasteiger partial charge in [-0.25, -0.2) is 15.0 Å². The second-order valence-electron chi connectivity index (χ2n) is 9.33. The van der Waals surface area contributed by atoms with Gasteiger partial charge in [0.15, 0.2) is 0 Å². The van der Waals surface area contributed by atoms with Gasteiger partial charge in [0.25, 0.3) is 0 Å². The van der Waals surface area contributed by atoms with E-state index in [0.29, 0.717) is 18.0 Å². The van der Waals surface area contributed by atoms with E-state index in [1.807, 2.05) is 19.2 Å². The molecule has 2 aromatic heterocycles. The Balaban J connectivity index is 1.47. The van der Waals surface area contributed by atoms with Gasteiger partial charge in [-0.3, -0.25) is 4.90 Å². The van der Waals surface area contributed by atoms with Gasteiger partial charge in [0.1, 0.15) is 5.82 Å². The number of hydrogen-bond donors (Lipinski definition) is 1. The first-order valence-electron chi connectivity index (χ1n) is 11.4. The fraction of sp³-hybridized carbons (Fsp3) is 0.480. The molecule has 0 bridgehead atoms. The third-order valence-electron chi connectivity index (χ3n) is 6.39. The van der Waals surface area contributed by atoms with Crippen molar-refractivity contribution >= 4 is 11.6 Å². The summed E-state index contributed by atoms with van der Waals surface area (Å²) >= 11 is 0. The van der Waals surface area contributed by atoms with Gasteiger partial charge in [0.05, 0.1) is 17.6 Å². The van der Waals surface area contributed by atoms with Crippen molar-refractivity contribution in [2.75, 3.05) is 32.5 Å². The average molecular weight is 434 g/mol. The largest absolute Gasteiger partial charge is 0.324 e. The number of anilines is 2. The smallest absolute Gasteiger partial charge is 0.227 e. The summed E-state index contributed by atoms with van der Waals surface area (Å²) in [4.78, 5) is 18.6. The summed E-state index contributed by atoms with van der Waals surface area (Å²) < 4.78 is 2.20. The quantitative estimate of drug-likeness (QED) is 0.595. The van der Waals surface area contributed by atoms with E-state index in [0.717, 1.165) is 42.5 Å². The number of nitrogens with one attached hydrogen (secondary N) is 1. The van der Waals surface area contributed by atoms with E-state index in [4.69, 9.17) is 4.98 Å². The standard InChI is InChI=1S/C25H35N7/c1-17(2)32-19(4)27-14-24(32)23-9-11-26-25(29-23)28-21-8-7-20(18(3)13-21)15-31-12-10-22(16-31)30(5)6/h7-9,11,13-14,17,22H,10,12,15-16H2,1-6H3,(H,26,28,29)/t22-/m1/s1. The van der Waals surface area contributed by atoms with Gasteiger partial charge >= 0.3 is 0 Å². The van der Waals surface area contributed by atoms with Crippen molar-refractivity contribution in [2.24, 2.45) is 0 Å². The van der Waals surface area contributed by atoms with E-state index in [1.54, 1.807) is 6.20 Å². The lowest BCUT2D eigenvalue weighted by atomic mass is 10.1. The highest BCUT2D eigenvalue weighted by molar-refractivity contribution is 5.60. The maximum atomic E-state index is 4.76. The SMILES string of the molecule is Cc1cc(Nc2nccc(-c3cnc(C)n3C(C)C)n2)ccc1CN1CC[C@@H](N(C)C)C1. The minimum absolute atomic E-state index is 0.317. The summed E-state index contributed by atoms with van der Waals surface area (Å²) in [7, 11) is 4.35. The molecule has 7 heteroatoms. The number of rotatable bonds is 7. The Kier molecular flexibility index (Phi) is 6.58. The number of likely N-dealkylation sites (N-methyl/N-ethyl adjacent to an activating group) is 1. The Hall–Kier alpha value is -2.77. The second kappa shape index (κ2) is 9.38. The summed E-state index contributed by atoms with van der Waals surface area (Å²) in [5.41, 5.74) is 5.55. The zero-order chi connectivity index (χ0) is 22.8. The molecule has 7 nitrogen and oxygen atoms in total. The zero-order valence-electron chi connectivity index (χ0n) is 20.1. The van der Waals surface area contributed by atoms with E-state index in [2.05, 4.69) is 82.7 Å². The number of imidazole rings is 1. The van der Waals surface area contributed by atoms with Crippen molar-refractivity contribution in [1.82, 2.24) is 29.3 Å². The molecule has 0 amide bonds. The molecule has 1 fully saturated rings. The monoisotopic (exact) mass is 433 g/mol. The predicted molar refractivity (Wildman–Crippen MR) is 130 cm³/mol. The molecule has 0 radical (unpaired) electrons. The number of aryl methyl sites for hydroxylation is 2. The first-order valence-corrected chi connectivity index (χ1v) is 11.4. The van der Waals surface area contributed by atoms with Crippen molar-refractivity contribution in [3.05, 3.63) is 53.6 Å². The second-order valence-corrected chi connectivity index (χ2v) is 9.33. The fourth-order valence-electron chi connectivity index (χ4n) is 4.55. The van der Waals surface area contributed by atoms with Crippen LogP contribution in [0.1, 0.15) is 43.3 Å². The van der Waals surface area contributed by atoms with Crippen LogP contribution in [0.5, 0.6) is 0 Å². The summed E-state index contributed by atoms with van der Waals surface area (Å²) in [6.07, 6.45) is 4.93. The molecule has 4 rings (SSSR count). The Morgan fingerprint density at radius 3 is 2.66 bits per heavy atom. The molecule has 1 aliphatic heterocycles. The minimum Gasteiger partial charge on any atom is -0.324 e. The van der Waals surface area contributed by atoms with Gasteiger partial charge in [-0.05, 0) is 77.5 Å². The van der Waals surface area contributed by atoms with Gasteiger partial charge in [-0.15, -0.1) is 0 Å². The molecule has 1 aromatic carbocycles. The molecule has 1 saturated heterocycles. The van der Waals surface area contributed by atoms with E-state index in [-0.39, 0.29) is 0 Å². The van der Waals surface area contributed by atoms with Crippen LogP contribution in [0.3, 0.4) is 0 Å². The van der Waals surface area contributed by atoms with Crippen LogP contribution in [-0.2, 0) is 6.54 Å². The van der Waals surface area contributed by atoms with Crippen LogP contribution in [0.2, 0.25) is 0 Å². The molecule has 0 aliphatic carbocycles. The summed E-state index contributed by atoms with van der Waals surface area (Å²) in [5.74, 6) is 1.58. The van der Waals surface area contributed by atoms with Crippen molar-refractivity contribution in [1.29, 1.82) is 0 Å². The zero-order valence-corrected chi connectivity index (χ0v) is 20.1. The lowest BCUT2D eigenvalue weighted by Crippen LogP contribution is -2.31. The van der Waals surface area contributed by atoms with E-state index in [1.165, 1.54) is 17.5 Å². The molecule has 170 valence electrons. The number of nitrogens with zero attached hydrogens (tertiary/aromatic N) is 6. The normalized spacial score (nSPS) is 16.9. The number of hydrogen-bond acceptors (Lipinski definition) is 6. The molecule has 0 spiro atoms. The molecule has 1 N–H and O–H groups in total. The highest BCUT2D eigenvalue weighted by Crippen LogP contribution is 2.25. The fourth-order valence-corrected chi connectivity index (χ4v) is 4.55. The van der Waals surface area contributed by atoms with Crippen molar-refractivity contribution in [3.8, 4) is 11.4 Å². The van der Waals surface area contributed by atoms with E-state index < -0.39 is 0 Å². The minimum atomic E-state index is 0.317. The molecule has 32 heavy (non-hydrogen) atoms. The number of benzene rings is 1. The Labute approximate surface area is 191 Å². The average Bonchev–Trinajstić information content (AvgIpc) is 3.37. The van der Waals surface area contributed by atoms with E-state index >= 15 is 0 Å². The lowest BCUT2D eigenvalue weighted by molar-refractivity contribution is 0.264. The summed E-state index contributed by atoms with van der Waals surface area (Å²) in [6.45, 7) is 11.8. The van der Waals surface area contributed by atoms with Crippen molar-refractivity contribution in [2.45, 2.75) is 52.7 Å². The van der Waals surface area contributed by atoms with Gasteiger partial charge in [-0.2, -0.15) is 0 Å². The Morgan fingerprint density at radius 1 is 1.16 bits per heavy atom. The maximum Gasteiger partial charge on any atom is 0.227 e. The van der Waals surface area contributed by atoms with Gasteiger partial charge in [-0.1, -0.05) is 6.07 Å². The van der Waals surface area contributed by atoms with E-state index in [9.17, 15) is 0 Å². The van der Waals surface area contributed by atoms with Gasteiger partial charge < -0.3 is 14.8 Å². The van der Waals surface area contributed by atoms with Gasteiger partial charge in [0.2, 0.25) is 5.95 Å². The van der Waals surface area contributed by atoms with Crippen LogP contribution < -0.4 is 5.32 Å². The Morgan fingerprint density at radius 2 is 1.97 bits per heavy atom. The Bertz CT molecular complexity index is 1070. The number of aromatic nitrogens is 4. The first kappa shape index (κ1) is 22.4. The van der Waals surface area contributed by atoms with Crippen LogP contribution in [0.15, 0.2) is 36.7 Å². The third kappa shape index (κ3) is 4.84. The molecule has 1 aliphatic rings. The number of likely N-dealkylation sites (tertiary alicyclic amines) is 1. The summed E-state index contributed by atoms with van der Waals surface area (Å²) in [6, 6.07) is 9.45. The van der Waals surface area contributed by atoms with Crippen molar-refractivity contribution in [3.63, 3.8) is 0 Å². The highest BCUT2D eigenvalue weighted by atomic mass is 15.2. The van der Waals surface area contributed by atoms with Gasteiger partial charge in [0, 0.05) is 43.6 Å². The first-order chi connectivity index (χ1) is 15.3. The molecule has 1 atom stereocenters. The molecule has 0 unspecified atom stereocenters. The van der Waals surface area contributed by atoms with Crippen LogP contribution >= 0.6 is 0 Å². The molecule has 0 saturated carbocycles. The van der Waals surface area contributed by atoms with Crippen LogP contribution in [0.25, 0.3) is 11.4 Å². The third-order valence-corrected chi connectivity index (χ3v) is 6.39. The highest BCUT2D eigenvalue weighted by Gasteiger charge is 2.24. The molecule has 3 heterocycles. The van der Waals surface area contributed by atoms with Crippen molar-refractivity contribution < 1.29 is 0 Å². The van der Waals surface area contributed by atoms with Crippen LogP contribution in [0.4, 0.5) is 11.6 Å². The molecular weight excluding hydrogens is 398 g/mol. The summed E-state index contributed by atoms with van der Waals surface area (Å²) in [5, 5.41) is 3.38.